The van der Waals surface area contributed by atoms with E-state index in [0.29, 0.717) is 0 Å². The van der Waals surface area contributed by atoms with Gasteiger partial charge in [0.05, 0.1) is 25.6 Å². The number of piperidine rings is 1. The number of benzene rings is 1. The van der Waals surface area contributed by atoms with Crippen molar-refractivity contribution in [1.82, 2.24) is 0 Å². The molecule has 2 fully saturated rings. The molecule has 0 spiro atoms. The minimum Gasteiger partial charge on any atom is -1.00 e. The summed E-state index contributed by atoms with van der Waals surface area (Å²) in [6, 6.07) is 10.6. The van der Waals surface area contributed by atoms with E-state index in [1.54, 1.807) is 0 Å². The molecule has 2 saturated heterocycles. The third-order valence-electron chi connectivity index (χ3n) is 5.57. The maximum Gasteiger partial charge on any atom is 0.207 e. The molecule has 2 heterocycles. The number of rotatable bonds is 1. The third kappa shape index (κ3) is 1.49. The number of halogens is 1. The number of hydrogen-bond donors (Lipinski definition) is 1. The van der Waals surface area contributed by atoms with Crippen LogP contribution in [0.1, 0.15) is 31.7 Å². The predicted octanol–water partition coefficient (Wildman–Crippen LogP) is -0.719. The molecule has 1 aromatic carbocycles. The highest BCUT2D eigenvalue weighted by molar-refractivity contribution is 5.30. The van der Waals surface area contributed by atoms with Gasteiger partial charge in [-0.25, -0.2) is 0 Å². The number of nitrogens with zero attached hydrogens (tertiary/aromatic N) is 1. The van der Waals surface area contributed by atoms with Crippen molar-refractivity contribution in [3.8, 4) is 0 Å². The van der Waals surface area contributed by atoms with Gasteiger partial charge in [0.15, 0.2) is 0 Å². The van der Waals surface area contributed by atoms with E-state index in [-0.39, 0.29) is 17.8 Å². The molecule has 0 saturated carbocycles. The maximum atomic E-state index is 11.1. The summed E-state index contributed by atoms with van der Waals surface area (Å²) >= 11 is 0. The molecule has 2 bridgehead atoms. The molecule has 0 aliphatic carbocycles. The van der Waals surface area contributed by atoms with E-state index in [2.05, 4.69) is 37.4 Å². The second kappa shape index (κ2) is 4.22. The first-order chi connectivity index (χ1) is 8.02. The number of hydrogen-bond acceptors (Lipinski definition) is 1. The average Bonchev–Trinajstić information content (AvgIpc) is 2.47. The SMILES string of the molecule is CC1(O)C2(c3ccccc3)CCC[N+]1(C)CC2.[Cl-]. The number of fused-ring (bicyclic) bond motifs is 2. The highest BCUT2D eigenvalue weighted by atomic mass is 35.5. The summed E-state index contributed by atoms with van der Waals surface area (Å²) in [6.45, 7) is 4.26. The highest BCUT2D eigenvalue weighted by Crippen LogP contribution is 2.55. The lowest BCUT2D eigenvalue weighted by Gasteiger charge is -2.51. The summed E-state index contributed by atoms with van der Waals surface area (Å²) in [4.78, 5) is 0. The van der Waals surface area contributed by atoms with Crippen LogP contribution in [0.5, 0.6) is 0 Å². The van der Waals surface area contributed by atoms with Crippen molar-refractivity contribution in [2.45, 2.75) is 37.3 Å². The van der Waals surface area contributed by atoms with Gasteiger partial charge in [-0.1, -0.05) is 30.3 Å². The molecule has 3 unspecified atom stereocenters. The Bertz CT molecular complexity index is 433. The van der Waals surface area contributed by atoms with Gasteiger partial charge in [0.2, 0.25) is 5.72 Å². The molecule has 2 aliphatic heterocycles. The Hall–Kier alpha value is -0.570. The molecule has 0 aromatic heterocycles. The quantitative estimate of drug-likeness (QED) is 0.666. The molecule has 3 rings (SSSR count). The highest BCUT2D eigenvalue weighted by Gasteiger charge is 2.66. The first-order valence-corrected chi connectivity index (χ1v) is 6.64. The predicted molar refractivity (Wildman–Crippen MR) is 68.5 cm³/mol. The average molecular weight is 268 g/mol. The minimum absolute atomic E-state index is 0. The Kier molecular flexibility index (Phi) is 3.25. The molecule has 2 aliphatic rings. The molecule has 1 N–H and O–H groups in total. The Morgan fingerprint density at radius 3 is 2.44 bits per heavy atom. The van der Waals surface area contributed by atoms with E-state index in [9.17, 15) is 5.11 Å². The Morgan fingerprint density at radius 1 is 1.11 bits per heavy atom. The van der Waals surface area contributed by atoms with Gasteiger partial charge in [0.25, 0.3) is 0 Å². The van der Waals surface area contributed by atoms with Crippen molar-refractivity contribution in [3.05, 3.63) is 35.9 Å². The fourth-order valence-corrected chi connectivity index (χ4v) is 4.15. The van der Waals surface area contributed by atoms with Gasteiger partial charge >= 0.3 is 0 Å². The van der Waals surface area contributed by atoms with Gasteiger partial charge < -0.3 is 17.5 Å². The smallest absolute Gasteiger partial charge is 0.207 e. The van der Waals surface area contributed by atoms with Crippen LogP contribution in [0, 0.1) is 0 Å². The minimum atomic E-state index is -0.618. The van der Waals surface area contributed by atoms with Gasteiger partial charge in [0.1, 0.15) is 0 Å². The zero-order valence-corrected chi connectivity index (χ0v) is 12.0. The van der Waals surface area contributed by atoms with Crippen LogP contribution in [0.25, 0.3) is 0 Å². The summed E-state index contributed by atoms with van der Waals surface area (Å²) in [6.07, 6.45) is 3.46. The zero-order chi connectivity index (χ0) is 12.1. The van der Waals surface area contributed by atoms with E-state index in [1.165, 1.54) is 12.0 Å². The van der Waals surface area contributed by atoms with Crippen molar-refractivity contribution >= 4 is 0 Å². The monoisotopic (exact) mass is 267 g/mol. The Labute approximate surface area is 116 Å². The standard InChI is InChI=1S/C15H22NO.ClH/c1-14(17)15(13-7-4-3-5-8-13)9-6-11-16(14,2)12-10-15;/h3-5,7-8,17H,6,9-12H2,1-2H3;1H/q+1;/p-1. The second-order valence-electron chi connectivity index (χ2n) is 6.17. The molecule has 3 heteroatoms. The van der Waals surface area contributed by atoms with Crippen LogP contribution in [0.2, 0.25) is 0 Å². The molecule has 1 aromatic rings. The van der Waals surface area contributed by atoms with Crippen molar-refractivity contribution in [2.75, 3.05) is 20.1 Å². The lowest BCUT2D eigenvalue weighted by atomic mass is 9.67. The molecule has 2 nitrogen and oxygen atoms in total. The zero-order valence-electron chi connectivity index (χ0n) is 11.2. The van der Waals surface area contributed by atoms with Crippen LogP contribution in [0.15, 0.2) is 30.3 Å². The number of aliphatic hydroxyl groups is 1. The van der Waals surface area contributed by atoms with Crippen LogP contribution >= 0.6 is 0 Å². The fourth-order valence-electron chi connectivity index (χ4n) is 4.15. The molecule has 3 atom stereocenters. The van der Waals surface area contributed by atoms with Gasteiger partial charge in [-0.05, 0) is 18.4 Å². The summed E-state index contributed by atoms with van der Waals surface area (Å²) in [5.74, 6) is 0. The summed E-state index contributed by atoms with van der Waals surface area (Å²) in [5, 5.41) is 11.1. The first-order valence-electron chi connectivity index (χ1n) is 6.64. The largest absolute Gasteiger partial charge is 1.00 e. The fraction of sp³-hybridized carbons (Fsp3) is 0.600. The van der Waals surface area contributed by atoms with E-state index in [1.807, 2.05) is 6.92 Å². The molecule has 100 valence electrons. The molecule has 0 amide bonds. The molecule has 0 radical (unpaired) electrons. The summed E-state index contributed by atoms with van der Waals surface area (Å²) in [5.41, 5.74) is 0.681. The van der Waals surface area contributed by atoms with Crippen LogP contribution in [0.3, 0.4) is 0 Å². The Balaban J connectivity index is 0.00000120. The van der Waals surface area contributed by atoms with E-state index >= 15 is 0 Å². The van der Waals surface area contributed by atoms with Crippen molar-refractivity contribution in [1.29, 1.82) is 0 Å². The van der Waals surface area contributed by atoms with Crippen molar-refractivity contribution in [3.63, 3.8) is 0 Å². The van der Waals surface area contributed by atoms with Crippen LogP contribution in [0.4, 0.5) is 0 Å². The Morgan fingerprint density at radius 2 is 1.78 bits per heavy atom. The van der Waals surface area contributed by atoms with Gasteiger partial charge in [0, 0.05) is 13.3 Å². The van der Waals surface area contributed by atoms with Gasteiger partial charge in [-0.3, -0.25) is 4.48 Å². The topological polar surface area (TPSA) is 20.2 Å². The van der Waals surface area contributed by atoms with Crippen LogP contribution in [-0.4, -0.2) is 35.5 Å². The molecule has 18 heavy (non-hydrogen) atoms. The van der Waals surface area contributed by atoms with Crippen LogP contribution in [-0.2, 0) is 5.41 Å². The van der Waals surface area contributed by atoms with E-state index in [0.717, 1.165) is 30.4 Å². The van der Waals surface area contributed by atoms with Gasteiger partial charge in [-0.2, -0.15) is 0 Å². The molecular weight excluding hydrogens is 246 g/mol. The van der Waals surface area contributed by atoms with Gasteiger partial charge in [-0.15, -0.1) is 0 Å². The van der Waals surface area contributed by atoms with Crippen molar-refractivity contribution < 1.29 is 22.0 Å². The molecular formula is C15H22ClNO. The lowest BCUT2D eigenvalue weighted by molar-refractivity contribution is -0.975. The summed E-state index contributed by atoms with van der Waals surface area (Å²) in [7, 11) is 2.21. The van der Waals surface area contributed by atoms with Crippen molar-refractivity contribution in [2.24, 2.45) is 0 Å². The number of likely N-dealkylation sites (N-methyl/N-ethyl adjacent to an activating group) is 1. The van der Waals surface area contributed by atoms with Crippen LogP contribution < -0.4 is 12.4 Å². The third-order valence-corrected chi connectivity index (χ3v) is 5.57. The number of quaternary nitrogens is 1. The summed E-state index contributed by atoms with van der Waals surface area (Å²) < 4.78 is 0.821. The van der Waals surface area contributed by atoms with E-state index in [4.69, 9.17) is 0 Å². The lowest BCUT2D eigenvalue weighted by Crippen LogP contribution is -3.00. The normalized spacial score (nSPS) is 42.4. The maximum absolute atomic E-state index is 11.1. The first kappa shape index (κ1) is 13.9. The second-order valence-corrected chi connectivity index (χ2v) is 6.17. The van der Waals surface area contributed by atoms with E-state index < -0.39 is 5.72 Å².